The van der Waals surface area contributed by atoms with Crippen LogP contribution < -0.4 is 10.0 Å². The predicted octanol–water partition coefficient (Wildman–Crippen LogP) is 3.69. The van der Waals surface area contributed by atoms with Crippen LogP contribution >= 0.6 is 11.6 Å². The number of ketones is 1. The maximum Gasteiger partial charge on any atom is 0.242 e. The fraction of sp³-hybridized carbons (Fsp3) is 0.667. The molecule has 5 aliphatic carbocycles. The standard InChI is InChI=1S/C24H31ClN2O4S/c1-26-22(29)23-12-15-9-16(13-23)18(17(10-15)14-23)11-21(28)24(7-4-8-24)27-32(30,31)20-6-3-2-5-19(20)25/h2-3,5-6,15-18,27H,4,7-14H2,1H3,(H,26,29). The van der Waals surface area contributed by atoms with E-state index < -0.39 is 15.6 Å². The lowest BCUT2D eigenvalue weighted by Crippen LogP contribution is -2.61. The SMILES string of the molecule is CNC(=O)C12CC3CC(C1)C(CC(=O)C1(NS(=O)(=O)c4ccccc4Cl)CCC1)C(C3)C2. The molecule has 0 radical (unpaired) electrons. The van der Waals surface area contributed by atoms with Gasteiger partial charge >= 0.3 is 0 Å². The topological polar surface area (TPSA) is 92.3 Å². The number of benzene rings is 1. The fourth-order valence-corrected chi connectivity index (χ4v) is 9.32. The molecule has 32 heavy (non-hydrogen) atoms. The van der Waals surface area contributed by atoms with Crippen molar-refractivity contribution in [3.05, 3.63) is 29.3 Å². The van der Waals surface area contributed by atoms with Crippen LogP contribution in [0.4, 0.5) is 0 Å². The molecule has 0 aromatic heterocycles. The van der Waals surface area contributed by atoms with E-state index in [2.05, 4.69) is 10.0 Å². The maximum absolute atomic E-state index is 13.6. The molecule has 174 valence electrons. The number of rotatable bonds is 7. The van der Waals surface area contributed by atoms with Gasteiger partial charge in [0.05, 0.1) is 10.6 Å². The summed E-state index contributed by atoms with van der Waals surface area (Å²) < 4.78 is 28.9. The van der Waals surface area contributed by atoms with E-state index in [9.17, 15) is 18.0 Å². The van der Waals surface area contributed by atoms with Crippen molar-refractivity contribution in [2.75, 3.05) is 7.05 Å². The molecule has 4 bridgehead atoms. The van der Waals surface area contributed by atoms with Crippen LogP contribution in [0, 0.1) is 29.1 Å². The molecule has 0 spiro atoms. The summed E-state index contributed by atoms with van der Waals surface area (Å²) in [4.78, 5) is 26.2. The molecule has 5 aliphatic rings. The van der Waals surface area contributed by atoms with E-state index >= 15 is 0 Å². The molecule has 1 aromatic carbocycles. The molecular weight excluding hydrogens is 448 g/mol. The van der Waals surface area contributed by atoms with Crippen molar-refractivity contribution in [2.45, 2.75) is 68.2 Å². The number of sulfonamides is 1. The molecular formula is C24H31ClN2O4S. The quantitative estimate of drug-likeness (QED) is 0.625. The van der Waals surface area contributed by atoms with Crippen LogP contribution in [0.5, 0.6) is 0 Å². The summed E-state index contributed by atoms with van der Waals surface area (Å²) in [6.45, 7) is 0. The fourth-order valence-electron chi connectivity index (χ4n) is 7.36. The average Bonchev–Trinajstić information content (AvgIpc) is 2.72. The van der Waals surface area contributed by atoms with Gasteiger partial charge in [-0.25, -0.2) is 8.42 Å². The van der Waals surface area contributed by atoms with E-state index in [-0.39, 0.29) is 32.9 Å². The Labute approximate surface area is 194 Å². The minimum absolute atomic E-state index is 0.00541. The zero-order chi connectivity index (χ0) is 22.7. The van der Waals surface area contributed by atoms with Gasteiger partial charge in [-0.1, -0.05) is 23.7 Å². The van der Waals surface area contributed by atoms with E-state index in [1.807, 2.05) is 0 Å². The number of halogens is 1. The van der Waals surface area contributed by atoms with Gasteiger partial charge in [0.1, 0.15) is 4.90 Å². The Kier molecular flexibility index (Phi) is 5.46. The highest BCUT2D eigenvalue weighted by Crippen LogP contribution is 2.63. The lowest BCUT2D eigenvalue weighted by Gasteiger charge is -2.59. The summed E-state index contributed by atoms with van der Waals surface area (Å²) in [5, 5.41) is 3.03. The maximum atomic E-state index is 13.6. The van der Waals surface area contributed by atoms with Gasteiger partial charge in [-0.2, -0.15) is 4.72 Å². The number of carbonyl (C=O) groups is 2. The molecule has 6 rings (SSSR count). The Bertz CT molecular complexity index is 1040. The number of Topliss-reactive ketones (excluding diaryl/α,β-unsaturated/α-hetero) is 1. The van der Waals surface area contributed by atoms with E-state index in [0.717, 1.165) is 38.5 Å². The third-order valence-electron chi connectivity index (χ3n) is 8.80. The first-order valence-electron chi connectivity index (χ1n) is 11.7. The van der Waals surface area contributed by atoms with Crippen LogP contribution in [0.1, 0.15) is 57.8 Å². The summed E-state index contributed by atoms with van der Waals surface area (Å²) in [5.74, 6) is 1.74. The number of carbonyl (C=O) groups excluding carboxylic acids is 2. The van der Waals surface area contributed by atoms with Crippen molar-refractivity contribution >= 4 is 33.3 Å². The lowest BCUT2D eigenvalue weighted by molar-refractivity contribution is -0.155. The Hall–Kier alpha value is -1.44. The molecule has 0 heterocycles. The van der Waals surface area contributed by atoms with E-state index in [1.165, 1.54) is 6.07 Å². The molecule has 5 saturated carbocycles. The van der Waals surface area contributed by atoms with Crippen molar-refractivity contribution < 1.29 is 18.0 Å². The first-order valence-corrected chi connectivity index (χ1v) is 13.6. The van der Waals surface area contributed by atoms with Gasteiger partial charge in [0.25, 0.3) is 0 Å². The first kappa shape index (κ1) is 22.4. The Balaban J connectivity index is 1.34. The van der Waals surface area contributed by atoms with Crippen LogP contribution in [-0.2, 0) is 19.6 Å². The minimum Gasteiger partial charge on any atom is -0.359 e. The Morgan fingerprint density at radius 2 is 1.75 bits per heavy atom. The third kappa shape index (κ3) is 3.51. The van der Waals surface area contributed by atoms with E-state index in [4.69, 9.17) is 11.6 Å². The second-order valence-corrected chi connectivity index (χ2v) is 12.7. The lowest BCUT2D eigenvalue weighted by atomic mass is 9.45. The molecule has 8 heteroatoms. The number of hydrogen-bond acceptors (Lipinski definition) is 4. The second kappa shape index (κ2) is 7.81. The van der Waals surface area contributed by atoms with Gasteiger partial charge in [0, 0.05) is 18.9 Å². The van der Waals surface area contributed by atoms with Gasteiger partial charge in [-0.3, -0.25) is 9.59 Å². The van der Waals surface area contributed by atoms with E-state index in [1.54, 1.807) is 25.2 Å². The van der Waals surface area contributed by atoms with Crippen LogP contribution in [0.15, 0.2) is 29.2 Å². The van der Waals surface area contributed by atoms with Crippen LogP contribution in [0.25, 0.3) is 0 Å². The molecule has 2 atom stereocenters. The van der Waals surface area contributed by atoms with Crippen molar-refractivity contribution in [1.82, 2.24) is 10.0 Å². The highest BCUT2D eigenvalue weighted by molar-refractivity contribution is 7.89. The van der Waals surface area contributed by atoms with Crippen molar-refractivity contribution in [2.24, 2.45) is 29.1 Å². The van der Waals surface area contributed by atoms with E-state index in [0.29, 0.717) is 37.0 Å². The van der Waals surface area contributed by atoms with Crippen molar-refractivity contribution in [3.8, 4) is 0 Å². The van der Waals surface area contributed by atoms with Gasteiger partial charge in [-0.15, -0.1) is 0 Å². The van der Waals surface area contributed by atoms with Crippen LogP contribution in [0.2, 0.25) is 5.02 Å². The Morgan fingerprint density at radius 3 is 2.31 bits per heavy atom. The molecule has 5 fully saturated rings. The third-order valence-corrected chi connectivity index (χ3v) is 10.8. The molecule has 0 saturated heterocycles. The molecule has 2 unspecified atom stereocenters. The predicted molar refractivity (Wildman–Crippen MR) is 122 cm³/mol. The molecule has 0 aliphatic heterocycles. The highest BCUT2D eigenvalue weighted by Gasteiger charge is 2.59. The normalized spacial score (nSPS) is 34.7. The largest absolute Gasteiger partial charge is 0.359 e. The van der Waals surface area contributed by atoms with Gasteiger partial charge in [0.15, 0.2) is 5.78 Å². The van der Waals surface area contributed by atoms with Crippen LogP contribution in [-0.4, -0.2) is 32.7 Å². The number of nitrogens with one attached hydrogen (secondary N) is 2. The first-order chi connectivity index (χ1) is 15.2. The zero-order valence-electron chi connectivity index (χ0n) is 18.4. The molecule has 1 amide bonds. The van der Waals surface area contributed by atoms with Gasteiger partial charge < -0.3 is 5.32 Å². The molecule has 1 aromatic rings. The molecule has 6 nitrogen and oxygen atoms in total. The zero-order valence-corrected chi connectivity index (χ0v) is 20.0. The highest BCUT2D eigenvalue weighted by atomic mass is 35.5. The molecule has 2 N–H and O–H groups in total. The summed E-state index contributed by atoms with van der Waals surface area (Å²) in [6, 6.07) is 6.33. The Morgan fingerprint density at radius 1 is 1.09 bits per heavy atom. The average molecular weight is 479 g/mol. The van der Waals surface area contributed by atoms with Gasteiger partial charge in [-0.05, 0) is 87.2 Å². The second-order valence-electron chi connectivity index (χ2n) is 10.6. The number of amides is 1. The van der Waals surface area contributed by atoms with Crippen molar-refractivity contribution in [1.29, 1.82) is 0 Å². The van der Waals surface area contributed by atoms with Crippen LogP contribution in [0.3, 0.4) is 0 Å². The summed E-state index contributed by atoms with van der Waals surface area (Å²) in [6.07, 6.45) is 7.16. The summed E-state index contributed by atoms with van der Waals surface area (Å²) in [7, 11) is -2.18. The number of hydrogen-bond donors (Lipinski definition) is 2. The monoisotopic (exact) mass is 478 g/mol. The minimum atomic E-state index is -3.90. The van der Waals surface area contributed by atoms with Gasteiger partial charge in [0.2, 0.25) is 15.9 Å². The summed E-state index contributed by atoms with van der Waals surface area (Å²) in [5.41, 5.74) is -1.28. The summed E-state index contributed by atoms with van der Waals surface area (Å²) >= 11 is 6.13. The van der Waals surface area contributed by atoms with Crippen molar-refractivity contribution in [3.63, 3.8) is 0 Å². The smallest absolute Gasteiger partial charge is 0.242 e.